The summed E-state index contributed by atoms with van der Waals surface area (Å²) in [6, 6.07) is 15.2. The Morgan fingerprint density at radius 3 is 2.73 bits per heavy atom. The van der Waals surface area contributed by atoms with Crippen molar-refractivity contribution in [2.45, 2.75) is 6.92 Å². The van der Waals surface area contributed by atoms with Crippen LogP contribution in [-0.2, 0) is 0 Å². The maximum absolute atomic E-state index is 13.3. The van der Waals surface area contributed by atoms with Crippen LogP contribution >= 0.6 is 11.3 Å². The van der Waals surface area contributed by atoms with Crippen molar-refractivity contribution >= 4 is 32.3 Å². The minimum absolute atomic E-state index is 0.358. The molecule has 3 aromatic heterocycles. The lowest BCUT2D eigenvalue weighted by molar-refractivity contribution is 0.415. The van der Waals surface area contributed by atoms with Gasteiger partial charge in [0.05, 0.1) is 24.5 Å². The van der Waals surface area contributed by atoms with Gasteiger partial charge in [-0.05, 0) is 36.2 Å². The van der Waals surface area contributed by atoms with Crippen LogP contribution in [0.4, 0.5) is 0 Å². The standard InChI is InChI=1S/C23H17N3O3S/c1-13-7-8-15(29-2)9-17(13)20-10-18-21(30-20)22(27)26(23(28)25-18)19-12-24-11-14-5-3-4-6-16(14)19/h3-12H,1-2H3,(H,25,28). The lowest BCUT2D eigenvalue weighted by Gasteiger charge is -2.07. The van der Waals surface area contributed by atoms with E-state index < -0.39 is 5.69 Å². The van der Waals surface area contributed by atoms with Gasteiger partial charge in [0.2, 0.25) is 0 Å². The van der Waals surface area contributed by atoms with E-state index in [1.165, 1.54) is 11.3 Å². The van der Waals surface area contributed by atoms with E-state index in [2.05, 4.69) is 9.97 Å². The van der Waals surface area contributed by atoms with Crippen molar-refractivity contribution < 1.29 is 4.74 Å². The average molecular weight is 415 g/mol. The van der Waals surface area contributed by atoms with E-state index in [9.17, 15) is 9.59 Å². The number of nitrogens with zero attached hydrogens (tertiary/aromatic N) is 2. The number of thiophene rings is 1. The van der Waals surface area contributed by atoms with Crippen molar-refractivity contribution in [3.8, 4) is 21.9 Å². The summed E-state index contributed by atoms with van der Waals surface area (Å²) in [7, 11) is 1.62. The Balaban J connectivity index is 1.78. The van der Waals surface area contributed by atoms with Gasteiger partial charge in [-0.3, -0.25) is 9.78 Å². The minimum atomic E-state index is -0.489. The molecule has 148 valence electrons. The zero-order valence-electron chi connectivity index (χ0n) is 16.3. The van der Waals surface area contributed by atoms with E-state index in [4.69, 9.17) is 4.74 Å². The predicted octanol–water partition coefficient (Wildman–Crippen LogP) is 4.27. The maximum Gasteiger partial charge on any atom is 0.333 e. The fraction of sp³-hybridized carbons (Fsp3) is 0.0870. The topological polar surface area (TPSA) is 77.0 Å². The van der Waals surface area contributed by atoms with Crippen molar-refractivity contribution in [1.82, 2.24) is 14.5 Å². The Labute approximate surface area is 175 Å². The van der Waals surface area contributed by atoms with Crippen molar-refractivity contribution in [1.29, 1.82) is 0 Å². The number of benzene rings is 2. The molecule has 0 amide bonds. The number of aryl methyl sites for hydroxylation is 1. The summed E-state index contributed by atoms with van der Waals surface area (Å²) in [6.07, 6.45) is 3.26. The molecule has 5 aromatic rings. The van der Waals surface area contributed by atoms with Gasteiger partial charge in [0.25, 0.3) is 5.56 Å². The molecule has 0 saturated carbocycles. The number of ether oxygens (including phenoxy) is 1. The molecule has 6 nitrogen and oxygen atoms in total. The molecule has 0 saturated heterocycles. The second-order valence-electron chi connectivity index (χ2n) is 6.98. The van der Waals surface area contributed by atoms with Gasteiger partial charge in [-0.1, -0.05) is 30.3 Å². The molecule has 0 aliphatic carbocycles. The highest BCUT2D eigenvalue weighted by molar-refractivity contribution is 7.22. The van der Waals surface area contributed by atoms with Crippen molar-refractivity contribution in [2.24, 2.45) is 0 Å². The smallest absolute Gasteiger partial charge is 0.333 e. The second kappa shape index (κ2) is 6.96. The summed E-state index contributed by atoms with van der Waals surface area (Å²) in [4.78, 5) is 34.2. The molecule has 0 fully saturated rings. The molecule has 2 aromatic carbocycles. The first-order valence-electron chi connectivity index (χ1n) is 9.34. The van der Waals surface area contributed by atoms with Crippen LogP contribution < -0.4 is 16.0 Å². The molecule has 0 radical (unpaired) electrons. The number of hydrogen-bond acceptors (Lipinski definition) is 5. The van der Waals surface area contributed by atoms with Gasteiger partial charge < -0.3 is 9.72 Å². The van der Waals surface area contributed by atoms with E-state index >= 15 is 0 Å². The fourth-order valence-corrected chi connectivity index (χ4v) is 4.76. The third kappa shape index (κ3) is 2.83. The summed E-state index contributed by atoms with van der Waals surface area (Å²) in [6.45, 7) is 2.00. The normalized spacial score (nSPS) is 11.3. The first-order valence-corrected chi connectivity index (χ1v) is 10.2. The molecule has 0 atom stereocenters. The number of aromatic amines is 1. The summed E-state index contributed by atoms with van der Waals surface area (Å²) in [5.41, 5.74) is 2.17. The molecular weight excluding hydrogens is 398 g/mol. The summed E-state index contributed by atoms with van der Waals surface area (Å²) in [5.74, 6) is 0.737. The number of H-pyrrole nitrogens is 1. The van der Waals surface area contributed by atoms with E-state index in [1.807, 2.05) is 55.5 Å². The van der Waals surface area contributed by atoms with E-state index in [0.717, 1.165) is 37.1 Å². The van der Waals surface area contributed by atoms with Gasteiger partial charge >= 0.3 is 5.69 Å². The highest BCUT2D eigenvalue weighted by atomic mass is 32.1. The molecule has 30 heavy (non-hydrogen) atoms. The van der Waals surface area contributed by atoms with Gasteiger partial charge in [0, 0.05) is 21.8 Å². The van der Waals surface area contributed by atoms with Gasteiger partial charge in [-0.25, -0.2) is 9.36 Å². The van der Waals surface area contributed by atoms with Crippen molar-refractivity contribution in [3.63, 3.8) is 0 Å². The van der Waals surface area contributed by atoms with Gasteiger partial charge in [0.1, 0.15) is 10.4 Å². The minimum Gasteiger partial charge on any atom is -0.497 e. The lowest BCUT2D eigenvalue weighted by atomic mass is 10.1. The molecule has 7 heteroatoms. The maximum atomic E-state index is 13.3. The van der Waals surface area contributed by atoms with Crippen LogP contribution in [0.25, 0.3) is 37.1 Å². The van der Waals surface area contributed by atoms with Gasteiger partial charge in [0.15, 0.2) is 0 Å². The van der Waals surface area contributed by atoms with Crippen LogP contribution in [0.15, 0.2) is 70.5 Å². The van der Waals surface area contributed by atoms with Crippen LogP contribution in [0.3, 0.4) is 0 Å². The van der Waals surface area contributed by atoms with Crippen LogP contribution in [0.2, 0.25) is 0 Å². The van der Waals surface area contributed by atoms with E-state index in [-0.39, 0.29) is 5.56 Å². The third-order valence-electron chi connectivity index (χ3n) is 5.17. The number of fused-ring (bicyclic) bond motifs is 2. The van der Waals surface area contributed by atoms with E-state index in [0.29, 0.717) is 15.9 Å². The summed E-state index contributed by atoms with van der Waals surface area (Å²) < 4.78 is 6.99. The summed E-state index contributed by atoms with van der Waals surface area (Å²) in [5, 5.41) is 1.65. The van der Waals surface area contributed by atoms with Crippen LogP contribution in [-0.4, -0.2) is 21.6 Å². The Bertz CT molecular complexity index is 1540. The number of methoxy groups -OCH3 is 1. The molecule has 3 heterocycles. The molecular formula is C23H17N3O3S. The zero-order chi connectivity index (χ0) is 20.8. The van der Waals surface area contributed by atoms with Crippen molar-refractivity contribution in [2.75, 3.05) is 7.11 Å². The molecule has 0 aliphatic heterocycles. The zero-order valence-corrected chi connectivity index (χ0v) is 17.1. The number of nitrogens with one attached hydrogen (secondary N) is 1. The SMILES string of the molecule is COc1ccc(C)c(-c2cc3[nH]c(=O)n(-c4cncc5ccccc45)c(=O)c3s2)c1. The summed E-state index contributed by atoms with van der Waals surface area (Å²) >= 11 is 1.35. The fourth-order valence-electron chi connectivity index (χ4n) is 3.63. The molecule has 0 aliphatic rings. The van der Waals surface area contributed by atoms with E-state index in [1.54, 1.807) is 19.5 Å². The molecule has 0 spiro atoms. The lowest BCUT2D eigenvalue weighted by Crippen LogP contribution is -2.33. The predicted molar refractivity (Wildman–Crippen MR) is 120 cm³/mol. The quantitative estimate of drug-likeness (QED) is 0.477. The Hall–Kier alpha value is -3.71. The third-order valence-corrected chi connectivity index (χ3v) is 6.33. The first kappa shape index (κ1) is 18.3. The largest absolute Gasteiger partial charge is 0.497 e. The van der Waals surface area contributed by atoms with Crippen LogP contribution in [0.1, 0.15) is 5.56 Å². The molecule has 0 bridgehead atoms. The Morgan fingerprint density at radius 2 is 1.90 bits per heavy atom. The highest BCUT2D eigenvalue weighted by Crippen LogP contribution is 2.34. The van der Waals surface area contributed by atoms with Crippen molar-refractivity contribution in [3.05, 3.63) is 87.3 Å². The highest BCUT2D eigenvalue weighted by Gasteiger charge is 2.16. The molecule has 1 N–H and O–H groups in total. The number of pyridine rings is 1. The van der Waals surface area contributed by atoms with Gasteiger partial charge in [-0.15, -0.1) is 11.3 Å². The number of hydrogen-bond donors (Lipinski definition) is 1. The van der Waals surface area contributed by atoms with Crippen LogP contribution in [0, 0.1) is 6.92 Å². The number of rotatable bonds is 3. The number of aromatic nitrogens is 3. The second-order valence-corrected chi connectivity index (χ2v) is 8.04. The Morgan fingerprint density at radius 1 is 1.07 bits per heavy atom. The van der Waals surface area contributed by atoms with Gasteiger partial charge in [-0.2, -0.15) is 0 Å². The first-order chi connectivity index (χ1) is 14.6. The molecule has 0 unspecified atom stereocenters. The molecule has 5 rings (SSSR count). The average Bonchev–Trinajstić information content (AvgIpc) is 3.18. The monoisotopic (exact) mass is 415 g/mol. The Kier molecular flexibility index (Phi) is 4.25. The van der Waals surface area contributed by atoms with Crippen LogP contribution in [0.5, 0.6) is 5.75 Å².